The van der Waals surface area contributed by atoms with Gasteiger partial charge >= 0.3 is 10.4 Å². The summed E-state index contributed by atoms with van der Waals surface area (Å²) < 4.78 is 49.5. The van der Waals surface area contributed by atoms with Crippen LogP contribution in [0.4, 0.5) is 5.69 Å². The molecule has 0 saturated heterocycles. The zero-order valence-electron chi connectivity index (χ0n) is 8.64. The zero-order valence-corrected chi connectivity index (χ0v) is 10.4. The van der Waals surface area contributed by atoms with Gasteiger partial charge in [-0.15, -0.1) is 0 Å². The summed E-state index contributed by atoms with van der Waals surface area (Å²) in [5.41, 5.74) is 6.97. The summed E-state index contributed by atoms with van der Waals surface area (Å²) in [6.07, 6.45) is 0.380. The van der Waals surface area contributed by atoms with Crippen LogP contribution in [0.15, 0.2) is 24.3 Å². The van der Waals surface area contributed by atoms with Gasteiger partial charge in [-0.25, -0.2) is 4.18 Å². The van der Waals surface area contributed by atoms with Crippen LogP contribution < -0.4 is 5.73 Å². The van der Waals surface area contributed by atoms with E-state index in [4.69, 9.17) is 18.7 Å². The Labute approximate surface area is 102 Å². The molecule has 9 heteroatoms. The summed E-state index contributed by atoms with van der Waals surface area (Å²) in [7, 11) is -4.34. The quantitative estimate of drug-likeness (QED) is 0.348. The molecule has 98 valence electrons. The zero-order chi connectivity index (χ0) is 13.3. The molecule has 0 aliphatic rings. The molecular formula is C8H12NO6S2-. The van der Waals surface area contributed by atoms with Crippen LogP contribution in [0.2, 0.25) is 0 Å². The molecule has 1 rings (SSSR count). The third kappa shape index (κ3) is 9.75. The number of nitrogens with two attached hydrogens (primary N) is 1. The largest absolute Gasteiger partial charge is 0.427 e. The molecule has 0 aliphatic carbocycles. The lowest BCUT2D eigenvalue weighted by molar-refractivity contribution is 0.272. The van der Waals surface area contributed by atoms with Gasteiger partial charge < -0.3 is 14.2 Å². The summed E-state index contributed by atoms with van der Waals surface area (Å²) in [5, 5.41) is 0. The van der Waals surface area contributed by atoms with Crippen molar-refractivity contribution < 1.29 is 25.6 Å². The topological polar surface area (TPSA) is 124 Å². The third-order valence-electron chi connectivity index (χ3n) is 1.57. The van der Waals surface area contributed by atoms with E-state index in [1.807, 2.05) is 0 Å². The molecular weight excluding hydrogens is 270 g/mol. The van der Waals surface area contributed by atoms with Crippen LogP contribution in [-0.4, -0.2) is 19.6 Å². The minimum atomic E-state index is -4.34. The standard InChI is InChI=1S/C8H11NO4S.HO2S/c9-8-3-1-2-7(6-8)4-5-13-14(10,11)12;1-3-2/h1-3,6H,4-5,9H2,(H,10,11,12);3H/q;-1. The molecule has 0 radical (unpaired) electrons. The van der Waals surface area contributed by atoms with Gasteiger partial charge in [0, 0.05) is 5.69 Å². The number of benzene rings is 1. The highest BCUT2D eigenvalue weighted by molar-refractivity contribution is 7.80. The molecule has 0 atom stereocenters. The molecule has 0 spiro atoms. The molecule has 0 saturated carbocycles. The van der Waals surface area contributed by atoms with Crippen LogP contribution in [0, 0.1) is 0 Å². The molecule has 0 heterocycles. The van der Waals surface area contributed by atoms with E-state index in [1.165, 1.54) is 0 Å². The van der Waals surface area contributed by atoms with Crippen LogP contribution in [0.1, 0.15) is 5.56 Å². The van der Waals surface area contributed by atoms with Gasteiger partial charge in [-0.05, 0) is 24.1 Å². The summed E-state index contributed by atoms with van der Waals surface area (Å²) in [6.45, 7) is -0.0950. The van der Waals surface area contributed by atoms with Crippen LogP contribution in [0.25, 0.3) is 0 Å². The lowest BCUT2D eigenvalue weighted by Crippen LogP contribution is -2.06. The number of thiol groups is 1. The highest BCUT2D eigenvalue weighted by Crippen LogP contribution is 2.07. The second-order valence-electron chi connectivity index (χ2n) is 2.82. The van der Waals surface area contributed by atoms with Crippen LogP contribution >= 0.6 is 0 Å². The smallest absolute Gasteiger partial charge is 0.397 e. The van der Waals surface area contributed by atoms with Crippen molar-refractivity contribution in [3.8, 4) is 0 Å². The highest BCUT2D eigenvalue weighted by atomic mass is 32.3. The molecule has 3 N–H and O–H groups in total. The average molecular weight is 282 g/mol. The van der Waals surface area contributed by atoms with Crippen LogP contribution in [0.5, 0.6) is 0 Å². The number of anilines is 1. The van der Waals surface area contributed by atoms with Gasteiger partial charge in [0.15, 0.2) is 0 Å². The van der Waals surface area contributed by atoms with Gasteiger partial charge in [0.25, 0.3) is 0 Å². The summed E-state index contributed by atoms with van der Waals surface area (Å²) >= 11 is -1.08. The number of hydrogen-bond acceptors (Lipinski definition) is 7. The monoisotopic (exact) mass is 282 g/mol. The molecule has 7 nitrogen and oxygen atoms in total. The second kappa shape index (κ2) is 8.01. The van der Waals surface area contributed by atoms with Gasteiger partial charge in [0.1, 0.15) is 0 Å². The van der Waals surface area contributed by atoms with E-state index >= 15 is 0 Å². The molecule has 1 aromatic rings. The lowest BCUT2D eigenvalue weighted by Gasteiger charge is -2.01. The molecule has 0 aromatic heterocycles. The van der Waals surface area contributed by atoms with Crippen LogP contribution in [-0.2, 0) is 41.0 Å². The fourth-order valence-electron chi connectivity index (χ4n) is 1.01. The van der Waals surface area contributed by atoms with Gasteiger partial charge in [0.05, 0.1) is 6.61 Å². The molecule has 1 aromatic carbocycles. The predicted octanol–water partition coefficient (Wildman–Crippen LogP) is 0.123. The van der Waals surface area contributed by atoms with Crippen molar-refractivity contribution in [1.82, 2.24) is 0 Å². The second-order valence-corrected chi connectivity index (χ2v) is 4.06. The van der Waals surface area contributed by atoms with E-state index in [1.54, 1.807) is 24.3 Å². The fourth-order valence-corrected chi connectivity index (χ4v) is 1.31. The van der Waals surface area contributed by atoms with Crippen molar-refractivity contribution in [2.24, 2.45) is 0 Å². The Morgan fingerprint density at radius 1 is 1.35 bits per heavy atom. The van der Waals surface area contributed by atoms with Gasteiger partial charge in [-0.1, -0.05) is 23.7 Å². The molecule has 0 amide bonds. The van der Waals surface area contributed by atoms with E-state index in [-0.39, 0.29) is 6.61 Å². The van der Waals surface area contributed by atoms with Crippen molar-refractivity contribution in [3.63, 3.8) is 0 Å². The number of rotatable bonds is 4. The molecule has 0 aliphatic heterocycles. The first-order chi connectivity index (χ1) is 7.89. The first-order valence-electron chi connectivity index (χ1n) is 4.30. The predicted molar refractivity (Wildman–Crippen MR) is 62.2 cm³/mol. The minimum Gasteiger partial charge on any atom is -0.427 e. The summed E-state index contributed by atoms with van der Waals surface area (Å²) in [6, 6.07) is 7.00. The Morgan fingerprint density at radius 2 is 1.94 bits per heavy atom. The van der Waals surface area contributed by atoms with E-state index < -0.39 is 22.0 Å². The van der Waals surface area contributed by atoms with Crippen molar-refractivity contribution in [2.75, 3.05) is 12.3 Å². The maximum absolute atomic E-state index is 10.2. The van der Waals surface area contributed by atoms with Crippen molar-refractivity contribution >= 4 is 27.7 Å². The molecule has 0 bridgehead atoms. The fraction of sp³-hybridized carbons (Fsp3) is 0.250. The Kier molecular flexibility index (Phi) is 7.46. The van der Waals surface area contributed by atoms with E-state index in [2.05, 4.69) is 4.18 Å². The molecule has 0 fully saturated rings. The SMILES string of the molecule is Nc1cccc(CCOS(=O)(=O)O)c1.O=[SH-]=O. The Hall–Kier alpha value is -1.16. The number of nitrogen functional groups attached to an aromatic ring is 1. The summed E-state index contributed by atoms with van der Waals surface area (Å²) in [4.78, 5) is 0. The number of hydrogen-bond donors (Lipinski definition) is 2. The Morgan fingerprint density at radius 3 is 2.41 bits per heavy atom. The normalized spacial score (nSPS) is 10.4. The Balaban J connectivity index is 0.000000770. The Bertz CT molecular complexity index is 481. The maximum atomic E-state index is 10.2. The summed E-state index contributed by atoms with van der Waals surface area (Å²) in [5.74, 6) is 0. The van der Waals surface area contributed by atoms with Crippen molar-refractivity contribution in [1.29, 1.82) is 0 Å². The first kappa shape index (κ1) is 15.8. The third-order valence-corrected chi connectivity index (χ3v) is 2.04. The maximum Gasteiger partial charge on any atom is 0.397 e. The van der Waals surface area contributed by atoms with Gasteiger partial charge in [-0.3, -0.25) is 4.55 Å². The van der Waals surface area contributed by atoms with Crippen LogP contribution in [0.3, 0.4) is 0 Å². The van der Waals surface area contributed by atoms with E-state index in [0.717, 1.165) is 5.56 Å². The minimum absolute atomic E-state index is 0.0950. The van der Waals surface area contributed by atoms with Crippen molar-refractivity contribution in [2.45, 2.75) is 6.42 Å². The lowest BCUT2D eigenvalue weighted by atomic mass is 10.1. The van der Waals surface area contributed by atoms with E-state index in [9.17, 15) is 8.42 Å². The van der Waals surface area contributed by atoms with Crippen molar-refractivity contribution in [3.05, 3.63) is 29.8 Å². The van der Waals surface area contributed by atoms with Gasteiger partial charge in [-0.2, -0.15) is 8.42 Å². The molecule has 0 unspecified atom stereocenters. The highest BCUT2D eigenvalue weighted by Gasteiger charge is 2.03. The first-order valence-corrected chi connectivity index (χ1v) is 6.40. The van der Waals surface area contributed by atoms with Gasteiger partial charge in [0.2, 0.25) is 0 Å². The average Bonchev–Trinajstić information content (AvgIpc) is 2.16. The molecule has 17 heavy (non-hydrogen) atoms. The van der Waals surface area contributed by atoms with E-state index in [0.29, 0.717) is 12.1 Å².